The summed E-state index contributed by atoms with van der Waals surface area (Å²) in [5, 5.41) is 3.36. The van der Waals surface area contributed by atoms with Crippen molar-refractivity contribution in [3.8, 4) is 5.75 Å². The summed E-state index contributed by atoms with van der Waals surface area (Å²) in [5.74, 6) is 0.522. The molecule has 0 fully saturated rings. The molecule has 162 valence electrons. The first-order valence-electron chi connectivity index (χ1n) is 10.3. The standard InChI is InChI=1S/C25H23N3O3S/c1-3-31-21-14-12-20(13-15-21)28(25-27-22-6-4-5-7-23(22)32-25)24(30)16-18-8-10-19(11-9-18)26-17(2)29/h4-15H,3,16H2,1-2H3,(H,26,29). The first-order chi connectivity index (χ1) is 15.5. The molecule has 1 heterocycles. The maximum absolute atomic E-state index is 13.5. The van der Waals surface area contributed by atoms with Crippen molar-refractivity contribution in [2.75, 3.05) is 16.8 Å². The fourth-order valence-electron chi connectivity index (χ4n) is 3.34. The molecule has 0 aliphatic carbocycles. The van der Waals surface area contributed by atoms with E-state index in [1.807, 2.05) is 67.6 Å². The molecule has 0 saturated carbocycles. The lowest BCUT2D eigenvalue weighted by Gasteiger charge is -2.20. The van der Waals surface area contributed by atoms with Crippen LogP contribution in [-0.2, 0) is 16.0 Å². The number of carbonyl (C=O) groups excluding carboxylic acids is 2. The lowest BCUT2D eigenvalue weighted by atomic mass is 10.1. The highest BCUT2D eigenvalue weighted by Crippen LogP contribution is 2.34. The second-order valence-corrected chi connectivity index (χ2v) is 8.18. The quantitative estimate of drug-likeness (QED) is 0.404. The number of rotatable bonds is 7. The van der Waals surface area contributed by atoms with Crippen molar-refractivity contribution >= 4 is 49.9 Å². The number of benzene rings is 3. The van der Waals surface area contributed by atoms with E-state index in [1.54, 1.807) is 17.0 Å². The zero-order valence-corrected chi connectivity index (χ0v) is 18.7. The SMILES string of the molecule is CCOc1ccc(N(C(=O)Cc2ccc(NC(C)=O)cc2)c2nc3ccccc3s2)cc1. The Hall–Kier alpha value is -3.71. The van der Waals surface area contributed by atoms with Gasteiger partial charge in [-0.25, -0.2) is 4.98 Å². The molecule has 32 heavy (non-hydrogen) atoms. The van der Waals surface area contributed by atoms with Gasteiger partial charge in [0.25, 0.3) is 0 Å². The number of fused-ring (bicyclic) bond motifs is 1. The Bertz CT molecular complexity index is 1200. The van der Waals surface area contributed by atoms with E-state index in [-0.39, 0.29) is 18.2 Å². The van der Waals surface area contributed by atoms with Crippen LogP contribution in [0.1, 0.15) is 19.4 Å². The van der Waals surface area contributed by atoms with E-state index >= 15 is 0 Å². The van der Waals surface area contributed by atoms with Gasteiger partial charge in [-0.1, -0.05) is 35.6 Å². The molecule has 4 aromatic rings. The molecule has 0 aliphatic rings. The Morgan fingerprint density at radius 3 is 2.38 bits per heavy atom. The number of ether oxygens (including phenoxy) is 1. The lowest BCUT2D eigenvalue weighted by molar-refractivity contribution is -0.117. The highest BCUT2D eigenvalue weighted by atomic mass is 32.1. The van der Waals surface area contributed by atoms with E-state index in [4.69, 9.17) is 9.72 Å². The average molecular weight is 446 g/mol. The third-order valence-corrected chi connectivity index (χ3v) is 5.78. The predicted octanol–water partition coefficient (Wildman–Crippen LogP) is 5.56. The van der Waals surface area contributed by atoms with Gasteiger partial charge in [-0.2, -0.15) is 0 Å². The van der Waals surface area contributed by atoms with Crippen molar-refractivity contribution in [2.45, 2.75) is 20.3 Å². The van der Waals surface area contributed by atoms with Crippen LogP contribution in [-0.4, -0.2) is 23.4 Å². The van der Waals surface area contributed by atoms with Gasteiger partial charge in [0, 0.05) is 12.6 Å². The summed E-state index contributed by atoms with van der Waals surface area (Å²) in [4.78, 5) is 31.0. The number of carbonyl (C=O) groups is 2. The largest absolute Gasteiger partial charge is 0.494 e. The molecule has 0 bridgehead atoms. The van der Waals surface area contributed by atoms with Crippen molar-refractivity contribution in [2.24, 2.45) is 0 Å². The monoisotopic (exact) mass is 445 g/mol. The van der Waals surface area contributed by atoms with Crippen LogP contribution in [0.4, 0.5) is 16.5 Å². The first kappa shape index (κ1) is 21.5. The second kappa shape index (κ2) is 9.62. The minimum Gasteiger partial charge on any atom is -0.494 e. The van der Waals surface area contributed by atoms with Crippen LogP contribution in [0.2, 0.25) is 0 Å². The summed E-state index contributed by atoms with van der Waals surface area (Å²) in [7, 11) is 0. The normalized spacial score (nSPS) is 10.7. The molecule has 0 spiro atoms. The zero-order chi connectivity index (χ0) is 22.5. The van der Waals surface area contributed by atoms with Gasteiger partial charge < -0.3 is 10.1 Å². The summed E-state index contributed by atoms with van der Waals surface area (Å²) >= 11 is 1.48. The third-order valence-electron chi connectivity index (χ3n) is 4.76. The Kier molecular flexibility index (Phi) is 6.47. The van der Waals surface area contributed by atoms with Gasteiger partial charge in [-0.15, -0.1) is 0 Å². The summed E-state index contributed by atoms with van der Waals surface area (Å²) in [6.45, 7) is 3.97. The molecule has 0 atom stereocenters. The minimum atomic E-state index is -0.133. The van der Waals surface area contributed by atoms with Crippen LogP contribution in [0.15, 0.2) is 72.8 Å². The number of hydrogen-bond acceptors (Lipinski definition) is 5. The topological polar surface area (TPSA) is 71.5 Å². The number of anilines is 3. The first-order valence-corrected chi connectivity index (χ1v) is 11.1. The van der Waals surface area contributed by atoms with Gasteiger partial charge in [0.05, 0.1) is 28.9 Å². The van der Waals surface area contributed by atoms with Crippen LogP contribution in [0.25, 0.3) is 10.2 Å². The molecule has 2 amide bonds. The van der Waals surface area contributed by atoms with Gasteiger partial charge in [0.15, 0.2) is 5.13 Å². The summed E-state index contributed by atoms with van der Waals surface area (Å²) in [6, 6.07) is 22.6. The molecule has 3 aromatic carbocycles. The Morgan fingerprint density at radius 1 is 1.00 bits per heavy atom. The molecular formula is C25H23N3O3S. The number of aromatic nitrogens is 1. The number of thiazole rings is 1. The number of nitrogens with zero attached hydrogens (tertiary/aromatic N) is 2. The molecule has 1 aromatic heterocycles. The number of nitrogens with one attached hydrogen (secondary N) is 1. The van der Waals surface area contributed by atoms with Crippen LogP contribution in [0.5, 0.6) is 5.75 Å². The van der Waals surface area contributed by atoms with Crippen LogP contribution in [0.3, 0.4) is 0 Å². The van der Waals surface area contributed by atoms with Crippen molar-refractivity contribution in [3.63, 3.8) is 0 Å². The summed E-state index contributed by atoms with van der Waals surface area (Å²) in [5.41, 5.74) is 3.13. The summed E-state index contributed by atoms with van der Waals surface area (Å²) < 4.78 is 6.56. The van der Waals surface area contributed by atoms with E-state index in [1.165, 1.54) is 18.3 Å². The zero-order valence-electron chi connectivity index (χ0n) is 17.9. The Labute approximate surface area is 190 Å². The maximum atomic E-state index is 13.5. The number of amides is 2. The number of hydrogen-bond donors (Lipinski definition) is 1. The fraction of sp³-hybridized carbons (Fsp3) is 0.160. The number of para-hydroxylation sites is 1. The predicted molar refractivity (Wildman–Crippen MR) is 129 cm³/mol. The lowest BCUT2D eigenvalue weighted by Crippen LogP contribution is -2.27. The average Bonchev–Trinajstić information content (AvgIpc) is 3.20. The second-order valence-electron chi connectivity index (χ2n) is 7.18. The van der Waals surface area contributed by atoms with Crippen LogP contribution in [0, 0.1) is 0 Å². The van der Waals surface area contributed by atoms with Gasteiger partial charge in [-0.3, -0.25) is 14.5 Å². The highest BCUT2D eigenvalue weighted by molar-refractivity contribution is 7.22. The maximum Gasteiger partial charge on any atom is 0.237 e. The van der Waals surface area contributed by atoms with E-state index in [0.29, 0.717) is 17.4 Å². The molecule has 0 saturated heterocycles. The molecule has 4 rings (SSSR count). The van der Waals surface area contributed by atoms with E-state index in [9.17, 15) is 9.59 Å². The van der Waals surface area contributed by atoms with E-state index in [0.717, 1.165) is 27.2 Å². The van der Waals surface area contributed by atoms with Gasteiger partial charge >= 0.3 is 0 Å². The van der Waals surface area contributed by atoms with Crippen LogP contribution < -0.4 is 15.0 Å². The molecule has 0 radical (unpaired) electrons. The van der Waals surface area contributed by atoms with Gasteiger partial charge in [0.1, 0.15) is 5.75 Å². The molecule has 6 nitrogen and oxygen atoms in total. The van der Waals surface area contributed by atoms with Crippen molar-refractivity contribution in [3.05, 3.63) is 78.4 Å². The Balaban J connectivity index is 1.65. The Morgan fingerprint density at radius 2 is 1.72 bits per heavy atom. The highest BCUT2D eigenvalue weighted by Gasteiger charge is 2.22. The van der Waals surface area contributed by atoms with Crippen molar-refractivity contribution in [1.29, 1.82) is 0 Å². The van der Waals surface area contributed by atoms with Gasteiger partial charge in [-0.05, 0) is 61.0 Å². The summed E-state index contributed by atoms with van der Waals surface area (Å²) in [6.07, 6.45) is 0.198. The van der Waals surface area contributed by atoms with Gasteiger partial charge in [0.2, 0.25) is 11.8 Å². The molecule has 1 N–H and O–H groups in total. The molecular weight excluding hydrogens is 422 g/mol. The van der Waals surface area contributed by atoms with Crippen molar-refractivity contribution < 1.29 is 14.3 Å². The van der Waals surface area contributed by atoms with E-state index < -0.39 is 0 Å². The smallest absolute Gasteiger partial charge is 0.237 e. The minimum absolute atomic E-state index is 0.0968. The van der Waals surface area contributed by atoms with E-state index in [2.05, 4.69) is 5.32 Å². The molecule has 0 unspecified atom stereocenters. The van der Waals surface area contributed by atoms with Crippen molar-refractivity contribution in [1.82, 2.24) is 4.98 Å². The fourth-order valence-corrected chi connectivity index (χ4v) is 4.34. The van der Waals surface area contributed by atoms with Crippen LogP contribution >= 0.6 is 11.3 Å². The third kappa shape index (κ3) is 4.95. The molecule has 7 heteroatoms. The molecule has 0 aliphatic heterocycles.